The lowest BCUT2D eigenvalue weighted by Gasteiger charge is -2.12. The highest BCUT2D eigenvalue weighted by Crippen LogP contribution is 2.29. The fourth-order valence-corrected chi connectivity index (χ4v) is 4.59. The van der Waals surface area contributed by atoms with E-state index >= 15 is 0 Å². The summed E-state index contributed by atoms with van der Waals surface area (Å²) in [5.74, 6) is -0.189. The lowest BCUT2D eigenvalue weighted by Crippen LogP contribution is -2.24. The first-order valence-corrected chi connectivity index (χ1v) is 10.1. The van der Waals surface area contributed by atoms with Gasteiger partial charge in [-0.3, -0.25) is 14.2 Å². The van der Waals surface area contributed by atoms with Crippen molar-refractivity contribution in [2.24, 2.45) is 0 Å². The highest BCUT2D eigenvalue weighted by atomic mass is 35.5. The summed E-state index contributed by atoms with van der Waals surface area (Å²) in [5.41, 5.74) is 0.848. The summed E-state index contributed by atoms with van der Waals surface area (Å²) in [6.07, 6.45) is 0.698. The standard InChI is InChI=1S/C20H17ClN2O4S/c1-10-15-18(22-14-4-3-9-23(14)19(15)25)28-17(10)20(26)27-11(2)16(24)12-5-7-13(21)8-6-12/h5-8,11H,3-4,9H2,1-2H3/t11-/m0/s1. The summed E-state index contributed by atoms with van der Waals surface area (Å²) in [4.78, 5) is 43.3. The molecule has 4 rings (SSSR count). The maximum absolute atomic E-state index is 12.7. The van der Waals surface area contributed by atoms with E-state index < -0.39 is 12.1 Å². The van der Waals surface area contributed by atoms with Gasteiger partial charge in [-0.15, -0.1) is 11.3 Å². The van der Waals surface area contributed by atoms with E-state index in [1.807, 2.05) is 0 Å². The lowest BCUT2D eigenvalue weighted by atomic mass is 10.1. The number of rotatable bonds is 4. The fraction of sp³-hybridized carbons (Fsp3) is 0.300. The second-order valence-electron chi connectivity index (χ2n) is 6.74. The molecule has 1 aliphatic rings. The Balaban J connectivity index is 1.61. The summed E-state index contributed by atoms with van der Waals surface area (Å²) in [5, 5.41) is 0.979. The highest BCUT2D eigenvalue weighted by molar-refractivity contribution is 7.20. The number of fused-ring (bicyclic) bond motifs is 2. The number of esters is 1. The van der Waals surface area contributed by atoms with Crippen LogP contribution < -0.4 is 5.56 Å². The first-order chi connectivity index (χ1) is 13.4. The SMILES string of the molecule is Cc1c(C(=O)O[C@@H](C)C(=O)c2ccc(Cl)cc2)sc2nc3n(c(=O)c12)CCC3. The minimum atomic E-state index is -0.961. The second-order valence-corrected chi connectivity index (χ2v) is 8.18. The van der Waals surface area contributed by atoms with Crippen molar-refractivity contribution in [2.45, 2.75) is 39.3 Å². The van der Waals surface area contributed by atoms with E-state index in [1.54, 1.807) is 35.8 Å². The molecule has 0 spiro atoms. The molecule has 3 aromatic rings. The molecule has 144 valence electrons. The Morgan fingerprint density at radius 3 is 2.71 bits per heavy atom. The molecule has 0 amide bonds. The number of carbonyl (C=O) groups excluding carboxylic acids is 2. The van der Waals surface area contributed by atoms with E-state index in [2.05, 4.69) is 4.98 Å². The number of halogens is 1. The molecule has 2 aromatic heterocycles. The fourth-order valence-electron chi connectivity index (χ4n) is 3.39. The zero-order valence-electron chi connectivity index (χ0n) is 15.3. The van der Waals surface area contributed by atoms with Crippen LogP contribution in [0.4, 0.5) is 0 Å². The van der Waals surface area contributed by atoms with Crippen LogP contribution in [0.5, 0.6) is 0 Å². The molecular formula is C20H17ClN2O4S. The second kappa shape index (κ2) is 7.14. The zero-order valence-corrected chi connectivity index (χ0v) is 16.9. The van der Waals surface area contributed by atoms with Crippen LogP contribution in [-0.4, -0.2) is 27.4 Å². The van der Waals surface area contributed by atoms with Crippen LogP contribution in [0.3, 0.4) is 0 Å². The Bertz CT molecular complexity index is 1160. The van der Waals surface area contributed by atoms with Crippen LogP contribution in [-0.2, 0) is 17.7 Å². The normalized spacial score (nSPS) is 14.1. The number of ether oxygens (including phenoxy) is 1. The number of hydrogen-bond acceptors (Lipinski definition) is 6. The van der Waals surface area contributed by atoms with Gasteiger partial charge < -0.3 is 4.74 Å². The van der Waals surface area contributed by atoms with E-state index in [9.17, 15) is 14.4 Å². The van der Waals surface area contributed by atoms with Crippen molar-refractivity contribution in [1.29, 1.82) is 0 Å². The van der Waals surface area contributed by atoms with E-state index in [0.29, 0.717) is 37.8 Å². The van der Waals surface area contributed by atoms with Crippen molar-refractivity contribution in [3.63, 3.8) is 0 Å². The number of aromatic nitrogens is 2. The molecule has 1 atom stereocenters. The Morgan fingerprint density at radius 1 is 1.29 bits per heavy atom. The van der Waals surface area contributed by atoms with E-state index in [-0.39, 0.29) is 11.3 Å². The van der Waals surface area contributed by atoms with Gasteiger partial charge in [0.05, 0.1) is 5.39 Å². The predicted octanol–water partition coefficient (Wildman–Crippen LogP) is 3.79. The summed E-state index contributed by atoms with van der Waals surface area (Å²) in [6.45, 7) is 3.89. The molecule has 1 aliphatic heterocycles. The maximum atomic E-state index is 12.7. The summed E-state index contributed by atoms with van der Waals surface area (Å²) < 4.78 is 7.06. The van der Waals surface area contributed by atoms with Crippen molar-refractivity contribution in [3.05, 3.63) is 61.5 Å². The van der Waals surface area contributed by atoms with Crippen LogP contribution in [0, 0.1) is 6.92 Å². The van der Waals surface area contributed by atoms with E-state index in [4.69, 9.17) is 16.3 Å². The van der Waals surface area contributed by atoms with Crippen molar-refractivity contribution in [3.8, 4) is 0 Å². The van der Waals surface area contributed by atoms with Gasteiger partial charge in [0.25, 0.3) is 5.56 Å². The molecule has 0 fully saturated rings. The van der Waals surface area contributed by atoms with Crippen LogP contribution in [0.2, 0.25) is 5.02 Å². The smallest absolute Gasteiger partial charge is 0.349 e. The molecule has 0 saturated carbocycles. The van der Waals surface area contributed by atoms with Gasteiger partial charge >= 0.3 is 5.97 Å². The molecule has 3 heterocycles. The molecule has 6 nitrogen and oxygen atoms in total. The zero-order chi connectivity index (χ0) is 20.0. The number of aryl methyl sites for hydroxylation is 2. The third-order valence-corrected chi connectivity index (χ3v) is 6.30. The van der Waals surface area contributed by atoms with Gasteiger partial charge in [-0.2, -0.15) is 0 Å². The number of hydrogen-bond donors (Lipinski definition) is 0. The molecule has 1 aromatic carbocycles. The van der Waals surface area contributed by atoms with Gasteiger partial charge in [-0.25, -0.2) is 9.78 Å². The molecule has 0 N–H and O–H groups in total. The largest absolute Gasteiger partial charge is 0.450 e. The van der Waals surface area contributed by atoms with Gasteiger partial charge in [0.15, 0.2) is 6.10 Å². The molecule has 0 radical (unpaired) electrons. The minimum Gasteiger partial charge on any atom is -0.450 e. The first kappa shape index (κ1) is 18.8. The monoisotopic (exact) mass is 416 g/mol. The van der Waals surface area contributed by atoms with Crippen molar-refractivity contribution in [1.82, 2.24) is 9.55 Å². The first-order valence-electron chi connectivity index (χ1n) is 8.90. The van der Waals surface area contributed by atoms with Crippen LogP contribution in [0.15, 0.2) is 29.1 Å². The van der Waals surface area contributed by atoms with Crippen molar-refractivity contribution in [2.75, 3.05) is 0 Å². The van der Waals surface area contributed by atoms with Gasteiger partial charge in [0.2, 0.25) is 5.78 Å². The Morgan fingerprint density at radius 2 is 2.00 bits per heavy atom. The quantitative estimate of drug-likeness (QED) is 0.477. The Hall–Kier alpha value is -2.51. The third-order valence-electron chi connectivity index (χ3n) is 4.88. The number of nitrogens with zero attached hydrogens (tertiary/aromatic N) is 2. The number of ketones is 1. The molecule has 0 unspecified atom stereocenters. The van der Waals surface area contributed by atoms with Crippen LogP contribution in [0.1, 0.15) is 44.8 Å². The van der Waals surface area contributed by atoms with Crippen LogP contribution in [0.25, 0.3) is 10.2 Å². The predicted molar refractivity (Wildman–Crippen MR) is 108 cm³/mol. The number of Topliss-reactive ketones (excluding diaryl/α,β-unsaturated/α-hetero) is 1. The number of carbonyl (C=O) groups is 2. The molecule has 0 bridgehead atoms. The Kier molecular flexibility index (Phi) is 4.81. The maximum Gasteiger partial charge on any atom is 0.349 e. The number of thiophene rings is 1. The third kappa shape index (κ3) is 3.14. The van der Waals surface area contributed by atoms with Crippen LogP contribution >= 0.6 is 22.9 Å². The van der Waals surface area contributed by atoms with Gasteiger partial charge in [0, 0.05) is 23.6 Å². The molecule has 0 aliphatic carbocycles. The summed E-state index contributed by atoms with van der Waals surface area (Å²) in [7, 11) is 0. The minimum absolute atomic E-state index is 0.115. The van der Waals surface area contributed by atoms with Crippen molar-refractivity contribution < 1.29 is 14.3 Å². The van der Waals surface area contributed by atoms with Crippen molar-refractivity contribution >= 4 is 44.9 Å². The average molecular weight is 417 g/mol. The van der Waals surface area contributed by atoms with Gasteiger partial charge in [-0.1, -0.05) is 11.6 Å². The summed E-state index contributed by atoms with van der Waals surface area (Å²) in [6, 6.07) is 6.40. The molecule has 8 heteroatoms. The van der Waals surface area contributed by atoms with E-state index in [1.165, 1.54) is 6.92 Å². The average Bonchev–Trinajstić information content (AvgIpc) is 3.27. The lowest BCUT2D eigenvalue weighted by molar-refractivity contribution is 0.0323. The van der Waals surface area contributed by atoms with Gasteiger partial charge in [-0.05, 0) is 50.1 Å². The molecule has 28 heavy (non-hydrogen) atoms. The highest BCUT2D eigenvalue weighted by Gasteiger charge is 2.26. The molecular weight excluding hydrogens is 400 g/mol. The van der Waals surface area contributed by atoms with E-state index in [0.717, 1.165) is 30.0 Å². The van der Waals surface area contributed by atoms with Gasteiger partial charge in [0.1, 0.15) is 15.5 Å². The molecule has 0 saturated heterocycles. The topological polar surface area (TPSA) is 78.3 Å². The Labute approximate surface area is 169 Å². The summed E-state index contributed by atoms with van der Waals surface area (Å²) >= 11 is 6.97. The number of benzene rings is 1.